The quantitative estimate of drug-likeness (QED) is 0.404. The Morgan fingerprint density at radius 2 is 1.82 bits per heavy atom. The Labute approximate surface area is 99.0 Å². The lowest BCUT2D eigenvalue weighted by Crippen LogP contribution is -2.27. The topological polar surface area (TPSA) is 145 Å². The lowest BCUT2D eigenvalue weighted by molar-refractivity contribution is 0.696. The third-order valence-corrected chi connectivity index (χ3v) is 1.89. The maximum atomic E-state index is 5.48. The molecule has 0 aromatic carbocycles. The van der Waals surface area contributed by atoms with E-state index in [1.807, 2.05) is 0 Å². The van der Waals surface area contributed by atoms with Gasteiger partial charge in [-0.2, -0.15) is 0 Å². The largest absolute Gasteiger partial charge is 0.382 e. The highest BCUT2D eigenvalue weighted by Crippen LogP contribution is 2.09. The second kappa shape index (κ2) is 7.49. The fourth-order valence-corrected chi connectivity index (χ4v) is 1.11. The van der Waals surface area contributed by atoms with Crippen LogP contribution in [-0.2, 0) is 0 Å². The number of aromatic nitrogens is 4. The molecule has 0 atom stereocenters. The van der Waals surface area contributed by atoms with Crippen LogP contribution in [-0.4, -0.2) is 46.1 Å². The number of nitrogens with zero attached hydrogens (tertiary/aromatic N) is 3. The van der Waals surface area contributed by atoms with Gasteiger partial charge in [0.15, 0.2) is 11.5 Å². The van der Waals surface area contributed by atoms with E-state index in [9.17, 15) is 0 Å². The van der Waals surface area contributed by atoms with Gasteiger partial charge in [-0.15, -0.1) is 0 Å². The van der Waals surface area contributed by atoms with E-state index in [1.165, 1.54) is 12.7 Å². The number of anilines is 1. The molecule has 0 bridgehead atoms. The SMILES string of the molecule is NCCNCCN.Nc1ncnc2nc[nH]c12. The molecule has 8 heteroatoms. The van der Waals surface area contributed by atoms with Crippen LogP contribution in [0.5, 0.6) is 0 Å². The molecule has 0 saturated carbocycles. The normalized spacial score (nSPS) is 10.0. The van der Waals surface area contributed by atoms with Crippen LogP contribution in [0.25, 0.3) is 11.2 Å². The van der Waals surface area contributed by atoms with Gasteiger partial charge in [-0.3, -0.25) is 0 Å². The predicted octanol–water partition coefficient (Wildman–Crippen LogP) is -1.57. The highest BCUT2D eigenvalue weighted by Gasteiger charge is 1.99. The van der Waals surface area contributed by atoms with Crippen LogP contribution >= 0.6 is 0 Å². The molecule has 0 aliphatic carbocycles. The van der Waals surface area contributed by atoms with Gasteiger partial charge < -0.3 is 27.5 Å². The van der Waals surface area contributed by atoms with Crippen LogP contribution in [0.4, 0.5) is 5.82 Å². The molecular formula is C9H18N8. The van der Waals surface area contributed by atoms with Crippen molar-refractivity contribution < 1.29 is 0 Å². The predicted molar refractivity (Wildman–Crippen MR) is 67.1 cm³/mol. The summed E-state index contributed by atoms with van der Waals surface area (Å²) in [6.07, 6.45) is 2.92. The molecule has 0 fully saturated rings. The summed E-state index contributed by atoms with van der Waals surface area (Å²) in [7, 11) is 0. The van der Waals surface area contributed by atoms with Crippen molar-refractivity contribution in [3.05, 3.63) is 12.7 Å². The molecular weight excluding hydrogens is 220 g/mol. The number of aromatic amines is 1. The van der Waals surface area contributed by atoms with Gasteiger partial charge in [0.25, 0.3) is 0 Å². The highest BCUT2D eigenvalue weighted by atomic mass is 15.0. The maximum absolute atomic E-state index is 5.48. The van der Waals surface area contributed by atoms with E-state index in [4.69, 9.17) is 17.2 Å². The maximum Gasteiger partial charge on any atom is 0.182 e. The van der Waals surface area contributed by atoms with E-state index in [-0.39, 0.29) is 0 Å². The smallest absolute Gasteiger partial charge is 0.182 e. The number of nitrogen functional groups attached to an aromatic ring is 1. The number of rotatable bonds is 4. The van der Waals surface area contributed by atoms with Crippen molar-refractivity contribution in [2.75, 3.05) is 31.9 Å². The standard InChI is InChI=1S/C5H5N5.C4H13N3/c6-4-3-5(9-1-7-3)10-2-8-4;5-1-3-7-4-2-6/h1-2H,(H3,6,7,8,9,10);7H,1-6H2. The first kappa shape index (κ1) is 13.3. The van der Waals surface area contributed by atoms with Gasteiger partial charge in [0, 0.05) is 26.2 Å². The lowest BCUT2D eigenvalue weighted by Gasteiger charge is -1.95. The van der Waals surface area contributed by atoms with Crippen LogP contribution in [0.2, 0.25) is 0 Å². The number of nitrogens with two attached hydrogens (primary N) is 3. The van der Waals surface area contributed by atoms with Crippen LogP contribution in [0.3, 0.4) is 0 Å². The van der Waals surface area contributed by atoms with Crippen LogP contribution in [0.1, 0.15) is 0 Å². The molecule has 2 aromatic heterocycles. The molecule has 0 saturated heterocycles. The first-order valence-corrected chi connectivity index (χ1v) is 5.30. The van der Waals surface area contributed by atoms with Crippen LogP contribution in [0.15, 0.2) is 12.7 Å². The summed E-state index contributed by atoms with van der Waals surface area (Å²) in [5.74, 6) is 0.433. The van der Waals surface area contributed by atoms with Crippen molar-refractivity contribution in [1.82, 2.24) is 25.3 Å². The number of imidazole rings is 1. The van der Waals surface area contributed by atoms with E-state index in [2.05, 4.69) is 25.3 Å². The van der Waals surface area contributed by atoms with E-state index in [0.717, 1.165) is 13.1 Å². The molecule has 0 aliphatic rings. The number of hydrogen-bond acceptors (Lipinski definition) is 7. The van der Waals surface area contributed by atoms with Gasteiger partial charge in [0.05, 0.1) is 6.33 Å². The van der Waals surface area contributed by atoms with Crippen molar-refractivity contribution in [1.29, 1.82) is 0 Å². The molecule has 8 N–H and O–H groups in total. The van der Waals surface area contributed by atoms with E-state index in [1.54, 1.807) is 0 Å². The van der Waals surface area contributed by atoms with Crippen molar-refractivity contribution in [2.45, 2.75) is 0 Å². The first-order valence-electron chi connectivity index (χ1n) is 5.30. The number of hydrogen-bond donors (Lipinski definition) is 5. The van der Waals surface area contributed by atoms with Crippen molar-refractivity contribution in [2.24, 2.45) is 11.5 Å². The summed E-state index contributed by atoms with van der Waals surface area (Å²) in [6, 6.07) is 0. The Bertz CT molecular complexity index is 422. The lowest BCUT2D eigenvalue weighted by atomic mass is 10.5. The third kappa shape index (κ3) is 4.31. The van der Waals surface area contributed by atoms with Crippen molar-refractivity contribution in [3.8, 4) is 0 Å². The van der Waals surface area contributed by atoms with Crippen LogP contribution in [0, 0.1) is 0 Å². The number of H-pyrrole nitrogens is 1. The summed E-state index contributed by atoms with van der Waals surface area (Å²) in [5.41, 5.74) is 17.1. The summed E-state index contributed by atoms with van der Waals surface area (Å²) >= 11 is 0. The summed E-state index contributed by atoms with van der Waals surface area (Å²) in [4.78, 5) is 14.4. The molecule has 0 amide bonds. The van der Waals surface area contributed by atoms with Gasteiger partial charge in [-0.25, -0.2) is 15.0 Å². The van der Waals surface area contributed by atoms with Crippen molar-refractivity contribution >= 4 is 17.0 Å². The van der Waals surface area contributed by atoms with Gasteiger partial charge in [-0.05, 0) is 0 Å². The Morgan fingerprint density at radius 3 is 2.41 bits per heavy atom. The zero-order chi connectivity index (χ0) is 12.5. The first-order chi connectivity index (χ1) is 8.29. The zero-order valence-corrected chi connectivity index (χ0v) is 9.56. The van der Waals surface area contributed by atoms with E-state index >= 15 is 0 Å². The number of fused-ring (bicyclic) bond motifs is 1. The highest BCUT2D eigenvalue weighted by molar-refractivity contribution is 5.80. The Balaban J connectivity index is 0.000000185. The van der Waals surface area contributed by atoms with Gasteiger partial charge in [0.1, 0.15) is 11.8 Å². The molecule has 2 rings (SSSR count). The van der Waals surface area contributed by atoms with Gasteiger partial charge in [-0.1, -0.05) is 0 Å². The fraction of sp³-hybridized carbons (Fsp3) is 0.444. The Morgan fingerprint density at radius 1 is 1.12 bits per heavy atom. The Kier molecular flexibility index (Phi) is 5.86. The Hall–Kier alpha value is -1.77. The monoisotopic (exact) mass is 238 g/mol. The summed E-state index contributed by atoms with van der Waals surface area (Å²) in [5, 5.41) is 3.03. The van der Waals surface area contributed by atoms with E-state index in [0.29, 0.717) is 30.1 Å². The zero-order valence-electron chi connectivity index (χ0n) is 9.56. The average Bonchev–Trinajstić information content (AvgIpc) is 2.80. The van der Waals surface area contributed by atoms with Crippen LogP contribution < -0.4 is 22.5 Å². The summed E-state index contributed by atoms with van der Waals surface area (Å²) in [6.45, 7) is 3.13. The fourth-order valence-electron chi connectivity index (χ4n) is 1.11. The molecule has 0 unspecified atom stereocenters. The number of nitrogens with one attached hydrogen (secondary N) is 2. The third-order valence-electron chi connectivity index (χ3n) is 1.89. The molecule has 94 valence electrons. The molecule has 0 radical (unpaired) electrons. The summed E-state index contributed by atoms with van der Waals surface area (Å²) < 4.78 is 0. The molecule has 0 spiro atoms. The minimum Gasteiger partial charge on any atom is -0.382 e. The minimum atomic E-state index is 0.433. The van der Waals surface area contributed by atoms with E-state index < -0.39 is 0 Å². The molecule has 17 heavy (non-hydrogen) atoms. The molecule has 0 aliphatic heterocycles. The van der Waals surface area contributed by atoms with Gasteiger partial charge in [0.2, 0.25) is 0 Å². The minimum absolute atomic E-state index is 0.433. The average molecular weight is 238 g/mol. The van der Waals surface area contributed by atoms with Crippen molar-refractivity contribution in [3.63, 3.8) is 0 Å². The molecule has 2 aromatic rings. The van der Waals surface area contributed by atoms with Gasteiger partial charge >= 0.3 is 0 Å². The second-order valence-electron chi connectivity index (χ2n) is 3.19. The molecule has 2 heterocycles. The molecule has 8 nitrogen and oxygen atoms in total. The second-order valence-corrected chi connectivity index (χ2v) is 3.19.